The number of para-hydroxylation sites is 3. The molecule has 2 aromatic carbocycles. The molecule has 3 aromatic rings. The summed E-state index contributed by atoms with van der Waals surface area (Å²) in [6, 6.07) is 17.8. The van der Waals surface area contributed by atoms with Crippen molar-refractivity contribution in [2.75, 3.05) is 46.3 Å². The number of rotatable bonds is 10. The maximum absolute atomic E-state index is 13.8. The molecule has 0 radical (unpaired) electrons. The first-order chi connectivity index (χ1) is 18.5. The molecule has 0 aliphatic carbocycles. The summed E-state index contributed by atoms with van der Waals surface area (Å²) in [5.74, 6) is 0.867. The van der Waals surface area contributed by atoms with Crippen LogP contribution in [0.4, 0.5) is 10.5 Å². The highest BCUT2D eigenvalue weighted by Gasteiger charge is 2.36. The van der Waals surface area contributed by atoms with Gasteiger partial charge >= 0.3 is 6.03 Å². The molecule has 0 fully saturated rings. The van der Waals surface area contributed by atoms with Crippen LogP contribution in [0, 0.1) is 0 Å². The zero-order chi connectivity index (χ0) is 27.1. The highest BCUT2D eigenvalue weighted by atomic mass is 16.5. The lowest BCUT2D eigenvalue weighted by Gasteiger charge is -2.27. The fraction of sp³-hybridized carbons (Fsp3) is 0.321. The van der Waals surface area contributed by atoms with E-state index in [1.807, 2.05) is 60.3 Å². The normalized spacial score (nSPS) is 14.7. The van der Waals surface area contributed by atoms with Gasteiger partial charge in [0, 0.05) is 38.9 Å². The Balaban J connectivity index is 1.61. The predicted octanol–water partition coefficient (Wildman–Crippen LogP) is 3.90. The van der Waals surface area contributed by atoms with Gasteiger partial charge in [0.2, 0.25) is 0 Å². The van der Waals surface area contributed by atoms with Gasteiger partial charge in [0.15, 0.2) is 0 Å². The van der Waals surface area contributed by atoms with E-state index in [2.05, 4.69) is 5.32 Å². The van der Waals surface area contributed by atoms with E-state index < -0.39 is 6.03 Å². The second-order valence-corrected chi connectivity index (χ2v) is 8.80. The van der Waals surface area contributed by atoms with Gasteiger partial charge in [-0.3, -0.25) is 4.79 Å². The Labute approximate surface area is 222 Å². The lowest BCUT2D eigenvalue weighted by Crippen LogP contribution is -2.44. The van der Waals surface area contributed by atoms with Crippen molar-refractivity contribution in [1.82, 2.24) is 14.5 Å². The predicted molar refractivity (Wildman–Crippen MR) is 145 cm³/mol. The number of hydrazone groups is 1. The molecular weight excluding hydrogens is 486 g/mol. The van der Waals surface area contributed by atoms with Crippen molar-refractivity contribution < 1.29 is 23.8 Å². The number of methoxy groups -OCH3 is 3. The van der Waals surface area contributed by atoms with Gasteiger partial charge in [-0.05, 0) is 30.3 Å². The van der Waals surface area contributed by atoms with Gasteiger partial charge in [0.25, 0.3) is 5.91 Å². The van der Waals surface area contributed by atoms with Crippen LogP contribution in [0.2, 0.25) is 0 Å². The van der Waals surface area contributed by atoms with Crippen molar-refractivity contribution in [3.05, 3.63) is 78.1 Å². The average Bonchev–Trinajstić information content (AvgIpc) is 3.57. The minimum Gasteiger partial charge on any atom is -0.496 e. The molecule has 10 nitrogen and oxygen atoms in total. The van der Waals surface area contributed by atoms with Gasteiger partial charge in [-0.25, -0.2) is 9.80 Å². The molecule has 1 aliphatic rings. The van der Waals surface area contributed by atoms with Crippen LogP contribution in [0.3, 0.4) is 0 Å². The van der Waals surface area contributed by atoms with Crippen molar-refractivity contribution in [1.29, 1.82) is 0 Å². The quantitative estimate of drug-likeness (QED) is 0.438. The van der Waals surface area contributed by atoms with Crippen LogP contribution >= 0.6 is 0 Å². The number of hydrogen-bond acceptors (Lipinski definition) is 6. The van der Waals surface area contributed by atoms with Crippen molar-refractivity contribution in [2.24, 2.45) is 12.1 Å². The van der Waals surface area contributed by atoms with E-state index in [0.29, 0.717) is 23.6 Å². The Kier molecular flexibility index (Phi) is 8.65. The molecule has 1 aromatic heterocycles. The smallest absolute Gasteiger partial charge is 0.322 e. The highest BCUT2D eigenvalue weighted by Crippen LogP contribution is 2.37. The van der Waals surface area contributed by atoms with Gasteiger partial charge in [0.1, 0.15) is 18.0 Å². The van der Waals surface area contributed by atoms with Crippen LogP contribution in [0.15, 0.2) is 72.0 Å². The summed E-state index contributed by atoms with van der Waals surface area (Å²) in [4.78, 5) is 28.4. The molecule has 2 heterocycles. The monoisotopic (exact) mass is 519 g/mol. The third kappa shape index (κ3) is 5.81. The Bertz CT molecular complexity index is 1300. The Morgan fingerprint density at radius 2 is 1.71 bits per heavy atom. The number of ether oxygens (including phenoxy) is 3. The number of carbonyl (C=O) groups is 2. The Morgan fingerprint density at radius 3 is 2.39 bits per heavy atom. The van der Waals surface area contributed by atoms with Crippen molar-refractivity contribution in [2.45, 2.75) is 12.5 Å². The lowest BCUT2D eigenvalue weighted by molar-refractivity contribution is -0.133. The minimum atomic E-state index is -0.445. The average molecular weight is 520 g/mol. The van der Waals surface area contributed by atoms with E-state index in [-0.39, 0.29) is 31.6 Å². The van der Waals surface area contributed by atoms with Crippen LogP contribution in [-0.4, -0.2) is 73.2 Å². The summed E-state index contributed by atoms with van der Waals surface area (Å²) < 4.78 is 18.1. The van der Waals surface area contributed by atoms with E-state index in [9.17, 15) is 9.59 Å². The number of urea groups is 1. The summed E-state index contributed by atoms with van der Waals surface area (Å²) in [7, 11) is 6.63. The molecule has 0 bridgehead atoms. The number of carbonyl (C=O) groups excluding carboxylic acids is 2. The zero-order valence-electron chi connectivity index (χ0n) is 22.1. The summed E-state index contributed by atoms with van der Waals surface area (Å²) in [6.45, 7) is 0.283. The van der Waals surface area contributed by atoms with Crippen LogP contribution in [0.5, 0.6) is 11.5 Å². The number of hydrogen-bond donors (Lipinski definition) is 1. The van der Waals surface area contributed by atoms with Crippen molar-refractivity contribution in [3.8, 4) is 11.5 Å². The summed E-state index contributed by atoms with van der Waals surface area (Å²) in [5, 5.41) is 9.05. The summed E-state index contributed by atoms with van der Waals surface area (Å²) in [6.07, 6.45) is 2.45. The van der Waals surface area contributed by atoms with E-state index >= 15 is 0 Å². The SMILES string of the molecule is COCCN(CC(=O)N1N=C(c2cccn2C)CC1c1ccccc1OC)C(=O)Nc1ccccc1OC. The second kappa shape index (κ2) is 12.3. The zero-order valence-corrected chi connectivity index (χ0v) is 22.1. The first-order valence-electron chi connectivity index (χ1n) is 12.3. The van der Waals surface area contributed by atoms with Crippen LogP contribution in [0.1, 0.15) is 23.7 Å². The third-order valence-electron chi connectivity index (χ3n) is 6.43. The molecule has 4 rings (SSSR count). The number of nitrogens with zero attached hydrogens (tertiary/aromatic N) is 4. The fourth-order valence-corrected chi connectivity index (χ4v) is 4.47. The molecule has 3 amide bonds. The van der Waals surface area contributed by atoms with Gasteiger partial charge in [0.05, 0.1) is 44.0 Å². The van der Waals surface area contributed by atoms with Gasteiger partial charge < -0.3 is 29.0 Å². The Hall–Kier alpha value is -4.31. The number of amides is 3. The molecule has 0 saturated heterocycles. The molecule has 1 N–H and O–H groups in total. The lowest BCUT2D eigenvalue weighted by atomic mass is 9.99. The molecule has 1 aliphatic heterocycles. The van der Waals surface area contributed by atoms with Crippen molar-refractivity contribution in [3.63, 3.8) is 0 Å². The van der Waals surface area contributed by atoms with Crippen molar-refractivity contribution >= 4 is 23.3 Å². The molecule has 1 unspecified atom stereocenters. The summed E-state index contributed by atoms with van der Waals surface area (Å²) >= 11 is 0. The molecule has 0 saturated carbocycles. The molecule has 10 heteroatoms. The molecule has 200 valence electrons. The van der Waals surface area contributed by atoms with E-state index in [1.54, 1.807) is 32.4 Å². The molecule has 0 spiro atoms. The minimum absolute atomic E-state index is 0.195. The number of benzene rings is 2. The number of aromatic nitrogens is 1. The van der Waals surface area contributed by atoms with E-state index in [0.717, 1.165) is 17.0 Å². The second-order valence-electron chi connectivity index (χ2n) is 8.80. The van der Waals surface area contributed by atoms with Gasteiger partial charge in [-0.15, -0.1) is 0 Å². The summed E-state index contributed by atoms with van der Waals surface area (Å²) in [5.41, 5.74) is 3.05. The maximum Gasteiger partial charge on any atom is 0.322 e. The van der Waals surface area contributed by atoms with Crippen LogP contribution in [0.25, 0.3) is 0 Å². The maximum atomic E-state index is 13.8. The van der Waals surface area contributed by atoms with Gasteiger partial charge in [-0.1, -0.05) is 30.3 Å². The fourth-order valence-electron chi connectivity index (χ4n) is 4.47. The number of nitrogens with one attached hydrogen (secondary N) is 1. The Morgan fingerprint density at radius 1 is 1.00 bits per heavy atom. The van der Waals surface area contributed by atoms with E-state index in [1.165, 1.54) is 17.0 Å². The number of aryl methyl sites for hydroxylation is 1. The standard InChI is InChI=1S/C28H33N5O5/c1-31-15-9-12-23(31)22-18-24(20-10-5-7-13-25(20)37-3)33(30-22)27(34)19-32(16-17-36-2)28(35)29-21-11-6-8-14-26(21)38-4/h5-15,24H,16-19H2,1-4H3,(H,29,35). The topological polar surface area (TPSA) is 97.6 Å². The van der Waals surface area contributed by atoms with Crippen LogP contribution in [-0.2, 0) is 16.6 Å². The third-order valence-corrected chi connectivity index (χ3v) is 6.43. The highest BCUT2D eigenvalue weighted by molar-refractivity contribution is 6.02. The largest absolute Gasteiger partial charge is 0.496 e. The number of anilines is 1. The van der Waals surface area contributed by atoms with Crippen LogP contribution < -0.4 is 14.8 Å². The molecule has 1 atom stereocenters. The first-order valence-corrected chi connectivity index (χ1v) is 12.3. The molecular formula is C28H33N5O5. The first kappa shape index (κ1) is 26.7. The molecule has 38 heavy (non-hydrogen) atoms. The van der Waals surface area contributed by atoms with E-state index in [4.69, 9.17) is 19.3 Å². The van der Waals surface area contributed by atoms with Gasteiger partial charge in [-0.2, -0.15) is 5.10 Å².